The van der Waals surface area contributed by atoms with E-state index in [0.717, 1.165) is 6.32 Å². The van der Waals surface area contributed by atoms with Crippen molar-refractivity contribution in [3.8, 4) is 0 Å². The third-order valence-corrected chi connectivity index (χ3v) is 2.99. The molecule has 4 heteroatoms. The Kier molecular flexibility index (Phi) is 4.53. The third kappa shape index (κ3) is 2.12. The minimum Gasteiger partial charge on any atom is -0.412 e. The molecule has 0 spiro atoms. The fraction of sp³-hybridized carbons (Fsp3) is 0.143. The molecule has 3 rings (SSSR count). The highest BCUT2D eigenvalue weighted by molar-refractivity contribution is 6.58. The minimum atomic E-state index is 0. The van der Waals surface area contributed by atoms with Gasteiger partial charge in [0, 0.05) is 21.8 Å². The van der Waals surface area contributed by atoms with E-state index in [1.807, 2.05) is 0 Å². The normalized spacial score (nSPS) is 9.83. The minimum absolute atomic E-state index is 0. The number of aromatic amines is 1. The maximum absolute atomic E-state index is 3.46. The van der Waals surface area contributed by atoms with Gasteiger partial charge < -0.3 is 15.9 Å². The summed E-state index contributed by atoms with van der Waals surface area (Å²) in [7, 11) is 2.28. The van der Waals surface area contributed by atoms with Gasteiger partial charge in [-0.05, 0) is 12.1 Å². The highest BCUT2D eigenvalue weighted by Crippen LogP contribution is 2.23. The number of para-hydroxylation sites is 1. The average molecular weight is 242 g/mol. The lowest BCUT2D eigenvalue weighted by molar-refractivity contribution is 0.823. The van der Waals surface area contributed by atoms with Crippen molar-refractivity contribution >= 4 is 34.5 Å². The van der Waals surface area contributed by atoms with Crippen molar-refractivity contribution in [3.05, 3.63) is 42.5 Å². The van der Waals surface area contributed by atoms with Crippen molar-refractivity contribution in [1.29, 1.82) is 0 Å². The Balaban J connectivity index is 0.000000810. The molecule has 5 N–H and O–H groups in total. The Morgan fingerprint density at radius 2 is 1.67 bits per heavy atom. The molecule has 18 heavy (non-hydrogen) atoms. The van der Waals surface area contributed by atoms with Gasteiger partial charge in [-0.2, -0.15) is 0 Å². The van der Waals surface area contributed by atoms with E-state index >= 15 is 0 Å². The quantitative estimate of drug-likeness (QED) is 0.660. The van der Waals surface area contributed by atoms with Crippen LogP contribution in [-0.2, 0) is 0 Å². The number of aromatic nitrogens is 1. The molecule has 3 aromatic rings. The molecule has 0 unspecified atom stereocenters. The highest BCUT2D eigenvalue weighted by atomic mass is 16.0. The smallest absolute Gasteiger partial charge is 0.152 e. The van der Waals surface area contributed by atoms with Gasteiger partial charge in [-0.1, -0.05) is 49.0 Å². The summed E-state index contributed by atoms with van der Waals surface area (Å²) in [6, 6.07) is 14.9. The van der Waals surface area contributed by atoms with E-state index in [0.29, 0.717) is 0 Å². The van der Waals surface area contributed by atoms with E-state index in [1.54, 1.807) is 0 Å². The molecule has 0 aliphatic carbocycles. The number of benzene rings is 2. The van der Waals surface area contributed by atoms with E-state index in [-0.39, 0.29) is 11.0 Å². The van der Waals surface area contributed by atoms with Crippen LogP contribution in [0.5, 0.6) is 0 Å². The molecule has 3 nitrogen and oxygen atoms in total. The molecular formula is C14H17BNO2. The summed E-state index contributed by atoms with van der Waals surface area (Å²) in [5.74, 6) is 0. The van der Waals surface area contributed by atoms with Crippen molar-refractivity contribution in [1.82, 2.24) is 4.98 Å². The molecule has 1 radical (unpaired) electrons. The molecule has 0 fully saturated rings. The largest absolute Gasteiger partial charge is 0.412 e. The summed E-state index contributed by atoms with van der Waals surface area (Å²) >= 11 is 0. The van der Waals surface area contributed by atoms with Crippen molar-refractivity contribution < 1.29 is 11.0 Å². The van der Waals surface area contributed by atoms with Crippen molar-refractivity contribution in [2.24, 2.45) is 0 Å². The van der Waals surface area contributed by atoms with Crippen LogP contribution in [0.4, 0.5) is 0 Å². The predicted octanol–water partition coefficient (Wildman–Crippen LogP) is 1.44. The van der Waals surface area contributed by atoms with Gasteiger partial charge in [0.15, 0.2) is 7.28 Å². The third-order valence-electron chi connectivity index (χ3n) is 2.99. The van der Waals surface area contributed by atoms with E-state index in [1.165, 1.54) is 27.3 Å². The number of H-pyrrole nitrogens is 1. The molecule has 0 atom stereocenters. The number of hydrogen-bond donors (Lipinski definition) is 1. The van der Waals surface area contributed by atoms with Crippen LogP contribution in [0.2, 0.25) is 6.32 Å². The SMILES string of the molecule is CC[B]c1cccc2[nH]c3ccccc3c12.O.O. The standard InChI is InChI=1S/C14H13BN.2H2O/c1-2-15-11-7-5-9-13-14(11)10-6-3-4-8-12(10)16-13;;/h3-9,16H,2H2,1H3;2*1H2. The molecule has 2 aromatic carbocycles. The van der Waals surface area contributed by atoms with E-state index in [9.17, 15) is 0 Å². The number of hydrogen-bond acceptors (Lipinski definition) is 0. The second-order valence-corrected chi connectivity index (χ2v) is 4.05. The van der Waals surface area contributed by atoms with Crippen LogP contribution >= 0.6 is 0 Å². The second-order valence-electron chi connectivity index (χ2n) is 4.05. The van der Waals surface area contributed by atoms with Gasteiger partial charge >= 0.3 is 0 Å². The first-order valence-electron chi connectivity index (χ1n) is 5.73. The molecule has 1 aromatic heterocycles. The molecule has 0 saturated carbocycles. The molecule has 0 aliphatic rings. The first-order valence-corrected chi connectivity index (χ1v) is 5.73. The Morgan fingerprint density at radius 1 is 0.944 bits per heavy atom. The van der Waals surface area contributed by atoms with Crippen LogP contribution in [0.15, 0.2) is 42.5 Å². The highest BCUT2D eigenvalue weighted by Gasteiger charge is 2.07. The molecule has 0 bridgehead atoms. The van der Waals surface area contributed by atoms with E-state index < -0.39 is 0 Å². The Bertz CT molecular complexity index is 648. The summed E-state index contributed by atoms with van der Waals surface area (Å²) in [5.41, 5.74) is 3.77. The lowest BCUT2D eigenvalue weighted by Crippen LogP contribution is -2.12. The maximum atomic E-state index is 3.46. The van der Waals surface area contributed by atoms with Crippen LogP contribution in [0, 0.1) is 0 Å². The molecular weight excluding hydrogens is 225 g/mol. The molecule has 0 saturated heterocycles. The summed E-state index contributed by atoms with van der Waals surface area (Å²) in [4.78, 5) is 3.46. The zero-order valence-corrected chi connectivity index (χ0v) is 10.3. The molecule has 93 valence electrons. The van der Waals surface area contributed by atoms with Crippen LogP contribution < -0.4 is 5.46 Å². The zero-order chi connectivity index (χ0) is 11.0. The number of nitrogens with one attached hydrogen (secondary N) is 1. The second kappa shape index (κ2) is 5.71. The van der Waals surface area contributed by atoms with E-state index in [4.69, 9.17) is 0 Å². The first-order chi connectivity index (χ1) is 7.90. The molecule has 0 aliphatic heterocycles. The summed E-state index contributed by atoms with van der Waals surface area (Å²) < 4.78 is 0. The van der Waals surface area contributed by atoms with Gasteiger partial charge in [-0.15, -0.1) is 0 Å². The van der Waals surface area contributed by atoms with Gasteiger partial charge in [0.05, 0.1) is 0 Å². The fourth-order valence-electron chi connectivity index (χ4n) is 2.32. The topological polar surface area (TPSA) is 78.8 Å². The van der Waals surface area contributed by atoms with Gasteiger partial charge in [-0.25, -0.2) is 0 Å². The fourth-order valence-corrected chi connectivity index (χ4v) is 2.32. The Labute approximate surface area is 107 Å². The van der Waals surface area contributed by atoms with Crippen LogP contribution in [0.25, 0.3) is 21.8 Å². The van der Waals surface area contributed by atoms with Gasteiger partial charge in [-0.3, -0.25) is 0 Å². The van der Waals surface area contributed by atoms with Crippen molar-refractivity contribution in [3.63, 3.8) is 0 Å². The monoisotopic (exact) mass is 242 g/mol. The first kappa shape index (κ1) is 14.3. The van der Waals surface area contributed by atoms with Crippen LogP contribution in [0.3, 0.4) is 0 Å². The Morgan fingerprint density at radius 3 is 2.44 bits per heavy atom. The summed E-state index contributed by atoms with van der Waals surface area (Å²) in [5, 5.41) is 2.66. The lowest BCUT2D eigenvalue weighted by atomic mass is 9.66. The van der Waals surface area contributed by atoms with E-state index in [2.05, 4.69) is 61.7 Å². The molecule has 0 amide bonds. The maximum Gasteiger partial charge on any atom is 0.152 e. The van der Waals surface area contributed by atoms with Crippen LogP contribution in [0.1, 0.15) is 6.92 Å². The van der Waals surface area contributed by atoms with Gasteiger partial charge in [0.2, 0.25) is 0 Å². The lowest BCUT2D eigenvalue weighted by Gasteiger charge is -2.00. The van der Waals surface area contributed by atoms with Gasteiger partial charge in [0.1, 0.15) is 0 Å². The van der Waals surface area contributed by atoms with Crippen LogP contribution in [-0.4, -0.2) is 23.2 Å². The Hall–Kier alpha value is -1.78. The number of fused-ring (bicyclic) bond motifs is 3. The summed E-state index contributed by atoms with van der Waals surface area (Å²) in [6.07, 6.45) is 1.07. The predicted molar refractivity (Wildman–Crippen MR) is 78.9 cm³/mol. The molecule has 1 heterocycles. The van der Waals surface area contributed by atoms with Gasteiger partial charge in [0.25, 0.3) is 0 Å². The number of rotatable bonds is 2. The van der Waals surface area contributed by atoms with Crippen molar-refractivity contribution in [2.45, 2.75) is 13.2 Å². The zero-order valence-electron chi connectivity index (χ0n) is 10.3. The summed E-state index contributed by atoms with van der Waals surface area (Å²) in [6.45, 7) is 2.17. The average Bonchev–Trinajstić information content (AvgIpc) is 2.68. The van der Waals surface area contributed by atoms with Crippen molar-refractivity contribution in [2.75, 3.05) is 0 Å².